The highest BCUT2D eigenvalue weighted by molar-refractivity contribution is 6.09. The van der Waals surface area contributed by atoms with E-state index in [4.69, 9.17) is 29.7 Å². The first-order valence-electron chi connectivity index (χ1n) is 16.7. The lowest BCUT2D eigenvalue weighted by molar-refractivity contribution is -0.119. The van der Waals surface area contributed by atoms with Crippen LogP contribution in [0.5, 0.6) is 5.75 Å². The zero-order chi connectivity index (χ0) is 36.3. The predicted molar refractivity (Wildman–Crippen MR) is 127 cm³/mol. The Labute approximate surface area is 216 Å². The maximum atomic E-state index is 14.1. The van der Waals surface area contributed by atoms with Crippen molar-refractivity contribution in [3.63, 3.8) is 0 Å². The van der Waals surface area contributed by atoms with Gasteiger partial charge in [-0.15, -0.1) is 0 Å². The monoisotopic (exact) mass is 473 g/mol. The molecule has 9 nitrogen and oxygen atoms in total. The molecule has 5 rings (SSSR count). The number of carbonyl (C=O) groups is 3. The van der Waals surface area contributed by atoms with Gasteiger partial charge < -0.3 is 20.3 Å². The second kappa shape index (κ2) is 8.66. The highest BCUT2D eigenvalue weighted by Crippen LogP contribution is 2.31. The van der Waals surface area contributed by atoms with Gasteiger partial charge in [0.2, 0.25) is 5.91 Å². The first-order chi connectivity index (χ1) is 21.9. The van der Waals surface area contributed by atoms with E-state index in [2.05, 4.69) is 5.10 Å². The Morgan fingerprint density at radius 1 is 1.03 bits per heavy atom. The van der Waals surface area contributed by atoms with E-state index in [1.54, 1.807) is 0 Å². The summed E-state index contributed by atoms with van der Waals surface area (Å²) in [6.45, 7) is -4.77. The van der Waals surface area contributed by atoms with E-state index >= 15 is 0 Å². The van der Waals surface area contributed by atoms with Gasteiger partial charge in [-0.1, -0.05) is 0 Å². The number of amides is 3. The van der Waals surface area contributed by atoms with Gasteiger partial charge in [0.15, 0.2) is 5.69 Å². The number of primary amides is 1. The first kappa shape index (κ1) is 10.9. The number of nitrogens with zero attached hydrogens (tertiary/aromatic N) is 4. The number of carbonyl (C=O) groups excluding carboxylic acids is 3. The van der Waals surface area contributed by atoms with Crippen molar-refractivity contribution in [2.24, 2.45) is 5.73 Å². The fraction of sp³-hybridized carbons (Fsp3) is 0.280. The van der Waals surface area contributed by atoms with E-state index in [9.17, 15) is 14.4 Å². The number of ether oxygens (including phenoxy) is 1. The van der Waals surface area contributed by atoms with Crippen molar-refractivity contribution in [2.75, 3.05) is 30.0 Å². The Bertz CT molecular complexity index is 1880. The normalized spacial score (nSPS) is 29.3. The average Bonchev–Trinajstić information content (AvgIpc) is 3.42. The standard InChI is InChI=1S/C25H25N5O4/c1-34-19-11-9-18(10-12-19)30-23-20(22(27-30)24(26)32)13-15-29(25(23)33)17-7-5-16(6-8-17)28-14-3-2-4-21(28)31/h5-12H,2-4,13-15H2,1H3,(H2,26,32)/i2D2,3D2,4D2,5D,6D,7D,8D,13D2,14D2. The van der Waals surface area contributed by atoms with Crippen LogP contribution in [-0.2, 0) is 11.2 Å². The van der Waals surface area contributed by atoms with E-state index < -0.39 is 109 Å². The van der Waals surface area contributed by atoms with Gasteiger partial charge in [0.1, 0.15) is 11.4 Å². The second-order valence-corrected chi connectivity index (χ2v) is 6.94. The molecule has 3 aromatic rings. The van der Waals surface area contributed by atoms with E-state index in [0.717, 1.165) is 4.68 Å². The average molecular weight is 474 g/mol. The molecule has 2 N–H and O–H groups in total. The Morgan fingerprint density at radius 2 is 1.71 bits per heavy atom. The largest absolute Gasteiger partial charge is 0.497 e. The third kappa shape index (κ3) is 3.68. The molecule has 1 saturated heterocycles. The van der Waals surface area contributed by atoms with Crippen LogP contribution in [0.4, 0.5) is 11.4 Å². The van der Waals surface area contributed by atoms with Crippen molar-refractivity contribution in [2.45, 2.75) is 25.5 Å². The third-order valence-corrected chi connectivity index (χ3v) is 4.99. The molecule has 0 saturated carbocycles. The topological polar surface area (TPSA) is 111 Å². The summed E-state index contributed by atoms with van der Waals surface area (Å²) in [6, 6.07) is 1.02. The molecule has 3 heterocycles. The van der Waals surface area contributed by atoms with Crippen LogP contribution in [0.15, 0.2) is 48.4 Å². The molecule has 0 atom stereocenters. The minimum atomic E-state index is -3.80. The molecule has 2 aliphatic rings. The fourth-order valence-corrected chi connectivity index (χ4v) is 3.38. The molecule has 3 amide bonds. The highest BCUT2D eigenvalue weighted by atomic mass is 16.5. The van der Waals surface area contributed by atoms with Crippen LogP contribution in [0.25, 0.3) is 5.69 Å². The number of piperidine rings is 1. The van der Waals surface area contributed by atoms with Gasteiger partial charge >= 0.3 is 0 Å². The van der Waals surface area contributed by atoms with Gasteiger partial charge in [-0.25, -0.2) is 4.68 Å². The minimum Gasteiger partial charge on any atom is -0.497 e. The summed E-state index contributed by atoms with van der Waals surface area (Å²) < 4.78 is 123. The zero-order valence-electron chi connectivity index (χ0n) is 31.5. The van der Waals surface area contributed by atoms with Crippen molar-refractivity contribution in [3.05, 3.63) is 65.4 Å². The quantitative estimate of drug-likeness (QED) is 0.613. The van der Waals surface area contributed by atoms with Gasteiger partial charge in [-0.05, 0) is 67.6 Å². The maximum Gasteiger partial charge on any atom is 0.277 e. The summed E-state index contributed by atoms with van der Waals surface area (Å²) in [6.07, 6.45) is -14.0. The van der Waals surface area contributed by atoms with E-state index in [0.29, 0.717) is 10.6 Å². The Hall–Kier alpha value is -4.14. The summed E-state index contributed by atoms with van der Waals surface area (Å²) in [7, 11) is 1.40. The lowest BCUT2D eigenvalue weighted by atomic mass is 10.0. The number of hydrogen-bond acceptors (Lipinski definition) is 5. The van der Waals surface area contributed by atoms with Crippen molar-refractivity contribution >= 4 is 29.1 Å². The second-order valence-electron chi connectivity index (χ2n) is 6.94. The molecule has 0 spiro atoms. The summed E-state index contributed by atoms with van der Waals surface area (Å²) in [5.41, 5.74) is 1.84. The van der Waals surface area contributed by atoms with Gasteiger partial charge in [0.05, 0.1) is 18.3 Å². The van der Waals surface area contributed by atoms with Crippen LogP contribution in [0.1, 0.15) is 64.8 Å². The van der Waals surface area contributed by atoms with Crippen LogP contribution in [-0.4, -0.2) is 47.7 Å². The molecule has 2 aromatic carbocycles. The summed E-state index contributed by atoms with van der Waals surface area (Å²) >= 11 is 0. The number of rotatable bonds is 5. The Morgan fingerprint density at radius 3 is 2.35 bits per heavy atom. The SMILES string of the molecule is [2H]c1c([2H])c(N2C(=O)C([2H])([2H])C([2H])([2H])C([2H])([2H])C2([2H])[2H])c([2H])c([2H])c1N1CC([2H])([2H])c2c(C(N)=O)nn(-c3ccc(OC)cc3)c2C1=O. The molecule has 1 fully saturated rings. The molecule has 0 unspecified atom stereocenters. The fourth-order valence-electron chi connectivity index (χ4n) is 3.38. The molecule has 1 aromatic heterocycles. The van der Waals surface area contributed by atoms with Crippen molar-refractivity contribution in [3.8, 4) is 11.4 Å². The summed E-state index contributed by atoms with van der Waals surface area (Å²) in [4.78, 5) is 40.0. The number of hydrogen-bond donors (Lipinski definition) is 1. The molecule has 0 aliphatic carbocycles. The Balaban J connectivity index is 1.74. The van der Waals surface area contributed by atoms with Crippen molar-refractivity contribution in [1.82, 2.24) is 9.78 Å². The number of anilines is 2. The van der Waals surface area contributed by atoms with Crippen LogP contribution >= 0.6 is 0 Å². The number of benzene rings is 2. The lowest BCUT2D eigenvalue weighted by Crippen LogP contribution is -2.39. The van der Waals surface area contributed by atoms with Crippen LogP contribution in [0.2, 0.25) is 0 Å². The predicted octanol–water partition coefficient (Wildman–Crippen LogP) is 2.70. The molecule has 174 valence electrons. The molecule has 0 radical (unpaired) electrons. The number of fused-ring (bicyclic) bond motifs is 1. The minimum absolute atomic E-state index is 0.134. The summed E-state index contributed by atoms with van der Waals surface area (Å²) in [5.74, 6) is -3.97. The van der Waals surface area contributed by atoms with E-state index in [-0.39, 0.29) is 10.6 Å². The van der Waals surface area contributed by atoms with Gasteiger partial charge in [0.25, 0.3) is 11.8 Å². The summed E-state index contributed by atoms with van der Waals surface area (Å²) in [5, 5.41) is 4.07. The van der Waals surface area contributed by atoms with Gasteiger partial charge in [-0.2, -0.15) is 5.10 Å². The molecular weight excluding hydrogens is 434 g/mol. The van der Waals surface area contributed by atoms with Crippen LogP contribution in [0, 0.1) is 0 Å². The molecule has 34 heavy (non-hydrogen) atoms. The highest BCUT2D eigenvalue weighted by Gasteiger charge is 2.34. The zero-order valence-corrected chi connectivity index (χ0v) is 17.5. The number of methoxy groups -OCH3 is 1. The molecular formula is C25H25N5O4. The van der Waals surface area contributed by atoms with Gasteiger partial charge in [0, 0.05) is 50.1 Å². The van der Waals surface area contributed by atoms with E-state index in [1.807, 2.05) is 0 Å². The third-order valence-electron chi connectivity index (χ3n) is 4.99. The number of nitrogens with two attached hydrogens (primary N) is 1. The van der Waals surface area contributed by atoms with Gasteiger partial charge in [-0.3, -0.25) is 14.4 Å². The maximum absolute atomic E-state index is 14.1. The van der Waals surface area contributed by atoms with Crippen molar-refractivity contribution < 1.29 is 38.3 Å². The first-order valence-corrected chi connectivity index (χ1v) is 9.74. The van der Waals surface area contributed by atoms with Crippen LogP contribution < -0.4 is 20.3 Å². The number of aromatic nitrogens is 2. The van der Waals surface area contributed by atoms with Crippen molar-refractivity contribution in [1.29, 1.82) is 0 Å². The lowest BCUT2D eigenvalue weighted by Gasteiger charge is -2.29. The van der Waals surface area contributed by atoms with E-state index in [1.165, 1.54) is 31.4 Å². The molecule has 9 heteroatoms. The van der Waals surface area contributed by atoms with Crippen LogP contribution in [0.3, 0.4) is 0 Å². The molecule has 2 aliphatic heterocycles. The Kier molecular flexibility index (Phi) is 2.77. The molecule has 0 bridgehead atoms. The smallest absolute Gasteiger partial charge is 0.277 e.